The van der Waals surface area contributed by atoms with Gasteiger partial charge in [-0.2, -0.15) is 13.2 Å². The lowest BCUT2D eigenvalue weighted by molar-refractivity contribution is -0.137. The van der Waals surface area contributed by atoms with E-state index in [4.69, 9.17) is 13.9 Å². The zero-order chi connectivity index (χ0) is 19.9. The molecule has 28 heavy (non-hydrogen) atoms. The summed E-state index contributed by atoms with van der Waals surface area (Å²) in [6.07, 6.45) is -3.87. The van der Waals surface area contributed by atoms with Crippen LogP contribution in [0.3, 0.4) is 0 Å². The first kappa shape index (κ1) is 19.1. The van der Waals surface area contributed by atoms with E-state index in [1.807, 2.05) is 11.8 Å². The standard InChI is InChI=1S/C19H21F3N2O4/c1-11-9-27-13(10-26-11)4-6-24-7-5-23-18(25)17-16(24)14-8-12(19(20,21)22)2-3-15(14)28-17/h2-3,8,11,13H,4-7,9-10H2,1H3,(H,23,25)/t11-,13+/m0/s1. The molecule has 0 unspecified atom stereocenters. The number of alkyl halides is 3. The number of ether oxygens (including phenoxy) is 2. The van der Waals surface area contributed by atoms with Crippen LogP contribution in [-0.4, -0.2) is 51.0 Å². The quantitative estimate of drug-likeness (QED) is 0.860. The van der Waals surface area contributed by atoms with Gasteiger partial charge in [-0.1, -0.05) is 0 Å². The maximum Gasteiger partial charge on any atom is 0.416 e. The van der Waals surface area contributed by atoms with Crippen molar-refractivity contribution >= 4 is 22.6 Å². The van der Waals surface area contributed by atoms with Crippen molar-refractivity contribution in [3.63, 3.8) is 0 Å². The Bertz CT molecular complexity index is 872. The Labute approximate surface area is 159 Å². The molecule has 0 saturated carbocycles. The molecule has 0 bridgehead atoms. The van der Waals surface area contributed by atoms with Crippen LogP contribution in [0, 0.1) is 0 Å². The molecule has 1 aromatic heterocycles. The predicted octanol–water partition coefficient (Wildman–Crippen LogP) is 3.20. The highest BCUT2D eigenvalue weighted by Crippen LogP contribution is 2.39. The molecule has 9 heteroatoms. The normalized spacial score (nSPS) is 23.4. The second-order valence-corrected chi connectivity index (χ2v) is 7.12. The molecule has 0 radical (unpaired) electrons. The van der Waals surface area contributed by atoms with Gasteiger partial charge in [0.15, 0.2) is 0 Å². The molecule has 0 aliphatic carbocycles. The fourth-order valence-corrected chi connectivity index (χ4v) is 3.55. The first-order chi connectivity index (χ1) is 13.3. The van der Waals surface area contributed by atoms with Crippen LogP contribution >= 0.6 is 0 Å². The lowest BCUT2D eigenvalue weighted by atomic mass is 10.1. The summed E-state index contributed by atoms with van der Waals surface area (Å²) in [6, 6.07) is 3.27. The van der Waals surface area contributed by atoms with Crippen LogP contribution in [0.25, 0.3) is 11.0 Å². The second-order valence-electron chi connectivity index (χ2n) is 7.12. The monoisotopic (exact) mass is 398 g/mol. The Kier molecular flexibility index (Phi) is 4.96. The predicted molar refractivity (Wildman–Crippen MR) is 95.5 cm³/mol. The van der Waals surface area contributed by atoms with Crippen molar-refractivity contribution in [1.82, 2.24) is 5.32 Å². The van der Waals surface area contributed by atoms with Gasteiger partial charge in [0.1, 0.15) is 5.58 Å². The lowest BCUT2D eigenvalue weighted by Gasteiger charge is -2.30. The summed E-state index contributed by atoms with van der Waals surface area (Å²) in [5.41, 5.74) is -0.112. The fourth-order valence-electron chi connectivity index (χ4n) is 3.55. The molecular weight excluding hydrogens is 377 g/mol. The number of nitrogens with zero attached hydrogens (tertiary/aromatic N) is 1. The van der Waals surface area contributed by atoms with Gasteiger partial charge in [-0.25, -0.2) is 0 Å². The number of carbonyl (C=O) groups excluding carboxylic acids is 1. The van der Waals surface area contributed by atoms with Crippen LogP contribution in [-0.2, 0) is 15.7 Å². The average Bonchev–Trinajstić information content (AvgIpc) is 2.96. The summed E-state index contributed by atoms with van der Waals surface area (Å²) < 4.78 is 56.5. The van der Waals surface area contributed by atoms with E-state index in [1.54, 1.807) is 0 Å². The number of hydrogen-bond donors (Lipinski definition) is 1. The third-order valence-corrected chi connectivity index (χ3v) is 5.03. The summed E-state index contributed by atoms with van der Waals surface area (Å²) in [5, 5.41) is 3.02. The minimum atomic E-state index is -4.47. The topological polar surface area (TPSA) is 63.9 Å². The number of furan rings is 1. The molecule has 1 aromatic carbocycles. The molecule has 4 rings (SSSR count). The number of benzene rings is 1. The summed E-state index contributed by atoms with van der Waals surface area (Å²) in [5.74, 6) is -0.380. The van der Waals surface area contributed by atoms with E-state index in [0.29, 0.717) is 45.0 Å². The summed E-state index contributed by atoms with van der Waals surface area (Å²) in [6.45, 7) is 4.28. The number of carbonyl (C=O) groups is 1. The van der Waals surface area contributed by atoms with Gasteiger partial charge < -0.3 is 24.1 Å². The van der Waals surface area contributed by atoms with Crippen molar-refractivity contribution < 1.29 is 31.9 Å². The van der Waals surface area contributed by atoms with E-state index in [9.17, 15) is 18.0 Å². The molecule has 2 aliphatic rings. The molecule has 0 spiro atoms. The summed E-state index contributed by atoms with van der Waals surface area (Å²) in [7, 11) is 0. The van der Waals surface area contributed by atoms with Crippen LogP contribution in [0.15, 0.2) is 22.6 Å². The van der Waals surface area contributed by atoms with E-state index in [0.717, 1.165) is 12.1 Å². The molecule has 2 aromatic rings. The number of nitrogens with one attached hydrogen (secondary N) is 1. The van der Waals surface area contributed by atoms with Crippen molar-refractivity contribution in [3.8, 4) is 0 Å². The van der Waals surface area contributed by atoms with Crippen molar-refractivity contribution in [2.24, 2.45) is 0 Å². The van der Waals surface area contributed by atoms with Crippen LogP contribution < -0.4 is 10.2 Å². The number of anilines is 1. The van der Waals surface area contributed by atoms with Crippen LogP contribution in [0.1, 0.15) is 29.5 Å². The third-order valence-electron chi connectivity index (χ3n) is 5.03. The Morgan fingerprint density at radius 1 is 1.25 bits per heavy atom. The van der Waals surface area contributed by atoms with Crippen LogP contribution in [0.5, 0.6) is 0 Å². The molecule has 1 N–H and O–H groups in total. The van der Waals surface area contributed by atoms with Crippen molar-refractivity contribution in [2.45, 2.75) is 31.7 Å². The minimum Gasteiger partial charge on any atom is -0.449 e. The van der Waals surface area contributed by atoms with Gasteiger partial charge in [0.25, 0.3) is 5.91 Å². The van der Waals surface area contributed by atoms with Crippen molar-refractivity contribution in [2.75, 3.05) is 37.7 Å². The Morgan fingerprint density at radius 2 is 2.07 bits per heavy atom. The molecule has 1 saturated heterocycles. The zero-order valence-electron chi connectivity index (χ0n) is 15.3. The van der Waals surface area contributed by atoms with Gasteiger partial charge in [0, 0.05) is 25.0 Å². The number of rotatable bonds is 3. The van der Waals surface area contributed by atoms with E-state index in [1.165, 1.54) is 6.07 Å². The largest absolute Gasteiger partial charge is 0.449 e. The second kappa shape index (κ2) is 7.29. The van der Waals surface area contributed by atoms with E-state index in [2.05, 4.69) is 5.32 Å². The molecule has 2 atom stereocenters. The Morgan fingerprint density at radius 3 is 2.79 bits per heavy atom. The smallest absolute Gasteiger partial charge is 0.416 e. The molecule has 1 amide bonds. The van der Waals surface area contributed by atoms with E-state index >= 15 is 0 Å². The number of hydrogen-bond acceptors (Lipinski definition) is 5. The molecule has 2 aliphatic heterocycles. The van der Waals surface area contributed by atoms with Crippen molar-refractivity contribution in [3.05, 3.63) is 29.5 Å². The highest BCUT2D eigenvalue weighted by molar-refractivity contribution is 6.07. The van der Waals surface area contributed by atoms with E-state index in [-0.39, 0.29) is 28.9 Å². The molecule has 1 fully saturated rings. The number of halogens is 3. The highest BCUT2D eigenvalue weighted by atomic mass is 19.4. The summed E-state index contributed by atoms with van der Waals surface area (Å²) in [4.78, 5) is 14.2. The van der Waals surface area contributed by atoms with Gasteiger partial charge in [-0.3, -0.25) is 4.79 Å². The first-order valence-electron chi connectivity index (χ1n) is 9.23. The van der Waals surface area contributed by atoms with Gasteiger partial charge in [0.2, 0.25) is 5.76 Å². The zero-order valence-corrected chi connectivity index (χ0v) is 15.3. The maximum atomic E-state index is 13.2. The maximum absolute atomic E-state index is 13.2. The SMILES string of the molecule is C[C@H]1CO[C@H](CCN2CCNC(=O)c3oc4ccc(C(F)(F)F)cc4c32)CO1. The first-order valence-corrected chi connectivity index (χ1v) is 9.23. The highest BCUT2D eigenvalue weighted by Gasteiger charge is 2.34. The Hall–Kier alpha value is -2.26. The average molecular weight is 398 g/mol. The molecule has 3 heterocycles. The summed E-state index contributed by atoms with van der Waals surface area (Å²) >= 11 is 0. The minimum absolute atomic E-state index is 0.0428. The van der Waals surface area contributed by atoms with Crippen LogP contribution in [0.2, 0.25) is 0 Å². The number of amides is 1. The molecular formula is C19H21F3N2O4. The van der Waals surface area contributed by atoms with Gasteiger partial charge in [-0.05, 0) is 31.5 Å². The van der Waals surface area contributed by atoms with Crippen molar-refractivity contribution in [1.29, 1.82) is 0 Å². The molecule has 6 nitrogen and oxygen atoms in total. The fraction of sp³-hybridized carbons (Fsp3) is 0.526. The Balaban J connectivity index is 1.65. The number of fused-ring (bicyclic) bond motifs is 3. The molecule has 152 valence electrons. The lowest BCUT2D eigenvalue weighted by Crippen LogP contribution is -2.38. The van der Waals surface area contributed by atoms with Gasteiger partial charge in [-0.15, -0.1) is 0 Å². The third kappa shape index (κ3) is 3.68. The van der Waals surface area contributed by atoms with E-state index < -0.39 is 17.6 Å². The van der Waals surface area contributed by atoms with Gasteiger partial charge >= 0.3 is 6.18 Å². The van der Waals surface area contributed by atoms with Crippen LogP contribution in [0.4, 0.5) is 18.9 Å². The van der Waals surface area contributed by atoms with Gasteiger partial charge in [0.05, 0.1) is 36.7 Å².